The molecule has 3 N–H and O–H groups in total. The van der Waals surface area contributed by atoms with Gasteiger partial charge in [-0.25, -0.2) is 4.98 Å². The summed E-state index contributed by atoms with van der Waals surface area (Å²) in [6, 6.07) is 5.51. The van der Waals surface area contributed by atoms with Crippen molar-refractivity contribution in [2.45, 2.75) is 44.4 Å². The number of aromatic nitrogens is 4. The number of H-pyrrole nitrogens is 2. The maximum Gasteiger partial charge on any atom is 0.277 e. The van der Waals surface area contributed by atoms with Crippen LogP contribution in [0, 0.1) is 5.92 Å². The van der Waals surface area contributed by atoms with Crippen LogP contribution in [-0.2, 0) is 11.2 Å². The molecule has 5 rings (SSSR count). The lowest BCUT2D eigenvalue weighted by Crippen LogP contribution is -2.27. The van der Waals surface area contributed by atoms with Crippen LogP contribution >= 0.6 is 11.6 Å². The van der Waals surface area contributed by atoms with Gasteiger partial charge in [-0.15, -0.1) is 0 Å². The number of nitrogens with zero attached hydrogens (tertiary/aromatic N) is 2. The number of piperidine rings is 1. The van der Waals surface area contributed by atoms with Gasteiger partial charge < -0.3 is 15.0 Å². The van der Waals surface area contributed by atoms with Crippen molar-refractivity contribution >= 4 is 22.6 Å². The molecule has 2 saturated heterocycles. The number of ether oxygens (including phenoxy) is 1. The minimum absolute atomic E-state index is 0.0146. The Hall–Kier alpha value is -2.09. The topological polar surface area (TPSA) is 87.7 Å². The number of nitrogens with one attached hydrogen (secondary N) is 3. The van der Waals surface area contributed by atoms with E-state index >= 15 is 0 Å². The van der Waals surface area contributed by atoms with Crippen molar-refractivity contribution in [3.63, 3.8) is 0 Å². The zero-order valence-electron chi connectivity index (χ0n) is 17.0. The molecular weight excluding hydrogens is 402 g/mol. The number of aromatic amines is 2. The van der Waals surface area contributed by atoms with E-state index in [9.17, 15) is 4.79 Å². The average molecular weight is 430 g/mol. The lowest BCUT2D eigenvalue weighted by Gasteiger charge is -2.24. The molecule has 0 atom stereocenters. The number of rotatable bonds is 5. The molecule has 0 unspecified atom stereocenters. The molecule has 7 nitrogen and oxygen atoms in total. The molecule has 2 aromatic heterocycles. The Labute approximate surface area is 180 Å². The van der Waals surface area contributed by atoms with Crippen molar-refractivity contribution in [1.29, 1.82) is 0 Å². The average Bonchev–Trinajstić information content (AvgIpc) is 3.34. The van der Waals surface area contributed by atoms with Gasteiger partial charge in [0, 0.05) is 35.4 Å². The fourth-order valence-corrected chi connectivity index (χ4v) is 4.96. The van der Waals surface area contributed by atoms with Crippen LogP contribution in [0.3, 0.4) is 0 Å². The second-order valence-corrected chi connectivity index (χ2v) is 8.92. The van der Waals surface area contributed by atoms with Gasteiger partial charge in [0.1, 0.15) is 0 Å². The van der Waals surface area contributed by atoms with Crippen LogP contribution in [0.25, 0.3) is 17.0 Å². The molecule has 1 aromatic carbocycles. The summed E-state index contributed by atoms with van der Waals surface area (Å²) in [6.07, 6.45) is 6.10. The molecule has 2 aliphatic rings. The summed E-state index contributed by atoms with van der Waals surface area (Å²) >= 11 is 6.11. The number of hydrogen-bond donors (Lipinski definition) is 3. The zero-order valence-corrected chi connectivity index (χ0v) is 17.8. The second kappa shape index (κ2) is 8.57. The Balaban J connectivity index is 1.50. The van der Waals surface area contributed by atoms with Crippen LogP contribution in [0.1, 0.15) is 49.3 Å². The Bertz CT molecular complexity index is 1070. The molecule has 4 heterocycles. The van der Waals surface area contributed by atoms with Crippen LogP contribution in [0.2, 0.25) is 5.02 Å². The predicted molar refractivity (Wildman–Crippen MR) is 118 cm³/mol. The van der Waals surface area contributed by atoms with Gasteiger partial charge in [0.25, 0.3) is 5.56 Å². The van der Waals surface area contributed by atoms with Gasteiger partial charge in [-0.3, -0.25) is 9.89 Å². The van der Waals surface area contributed by atoms with Crippen molar-refractivity contribution in [2.75, 3.05) is 26.3 Å². The molecule has 2 fully saturated rings. The minimum Gasteiger partial charge on any atom is -0.381 e. The highest BCUT2D eigenvalue weighted by Gasteiger charge is 2.26. The molecule has 0 amide bonds. The van der Waals surface area contributed by atoms with E-state index in [2.05, 4.69) is 20.4 Å². The smallest absolute Gasteiger partial charge is 0.277 e. The van der Waals surface area contributed by atoms with Crippen LogP contribution < -0.4 is 10.9 Å². The Morgan fingerprint density at radius 1 is 1.17 bits per heavy atom. The van der Waals surface area contributed by atoms with Crippen LogP contribution in [-0.4, -0.2) is 46.1 Å². The monoisotopic (exact) mass is 429 g/mol. The van der Waals surface area contributed by atoms with Gasteiger partial charge in [-0.2, -0.15) is 4.68 Å². The van der Waals surface area contributed by atoms with Crippen molar-refractivity contribution in [3.05, 3.63) is 44.8 Å². The van der Waals surface area contributed by atoms with E-state index < -0.39 is 0 Å². The lowest BCUT2D eigenvalue weighted by molar-refractivity contribution is 0.0640. The van der Waals surface area contributed by atoms with E-state index in [0.29, 0.717) is 22.8 Å². The fourth-order valence-electron chi connectivity index (χ4n) is 4.79. The van der Waals surface area contributed by atoms with Gasteiger partial charge in [0.05, 0.1) is 11.0 Å². The lowest BCUT2D eigenvalue weighted by atomic mass is 9.88. The number of fused-ring (bicyclic) bond motifs is 1. The highest BCUT2D eigenvalue weighted by molar-refractivity contribution is 6.31. The Morgan fingerprint density at radius 2 is 1.97 bits per heavy atom. The first-order valence-corrected chi connectivity index (χ1v) is 11.3. The highest BCUT2D eigenvalue weighted by atomic mass is 35.5. The summed E-state index contributed by atoms with van der Waals surface area (Å²) in [7, 11) is 0. The van der Waals surface area contributed by atoms with Crippen LogP contribution in [0.5, 0.6) is 0 Å². The van der Waals surface area contributed by atoms with Gasteiger partial charge in [0.2, 0.25) is 5.95 Å². The third kappa shape index (κ3) is 3.94. The standard InChI is InChI=1S/C22H28ClN5O2/c23-16-2-4-18-19(13-16)26-22(25-18)28-21(29)17(3-1-14-7-11-30-12-8-14)20(27-28)15-5-9-24-10-6-15/h2,4,13-15,24,27H,1,3,5-12H2,(H,25,26). The SMILES string of the molecule is O=c1c(CCC2CCOCC2)c(C2CCNCC2)[nH]n1-c1nc2ccc(Cl)cc2[nH]1. The maximum atomic E-state index is 13.5. The number of benzene rings is 1. The second-order valence-electron chi connectivity index (χ2n) is 8.49. The highest BCUT2D eigenvalue weighted by Crippen LogP contribution is 2.28. The number of hydrogen-bond acceptors (Lipinski definition) is 4. The first-order chi connectivity index (χ1) is 14.7. The first kappa shape index (κ1) is 19.8. The van der Waals surface area contributed by atoms with Gasteiger partial charge in [0.15, 0.2) is 0 Å². The van der Waals surface area contributed by atoms with E-state index in [0.717, 1.165) is 87.1 Å². The van der Waals surface area contributed by atoms with Gasteiger partial charge >= 0.3 is 0 Å². The summed E-state index contributed by atoms with van der Waals surface area (Å²) in [4.78, 5) is 21.3. The summed E-state index contributed by atoms with van der Waals surface area (Å²) in [5, 5.41) is 7.49. The van der Waals surface area contributed by atoms with Crippen molar-refractivity contribution in [2.24, 2.45) is 5.92 Å². The van der Waals surface area contributed by atoms with Crippen LogP contribution in [0.15, 0.2) is 23.0 Å². The molecule has 0 radical (unpaired) electrons. The third-order valence-electron chi connectivity index (χ3n) is 6.55. The molecule has 2 aliphatic heterocycles. The summed E-state index contributed by atoms with van der Waals surface area (Å²) in [5.74, 6) is 1.53. The van der Waals surface area contributed by atoms with Crippen molar-refractivity contribution < 1.29 is 4.74 Å². The van der Waals surface area contributed by atoms with E-state index in [1.54, 1.807) is 4.68 Å². The van der Waals surface area contributed by atoms with Crippen molar-refractivity contribution in [1.82, 2.24) is 25.1 Å². The summed E-state index contributed by atoms with van der Waals surface area (Å²) in [5.41, 5.74) is 3.65. The molecule has 0 spiro atoms. The molecular formula is C22H28ClN5O2. The first-order valence-electron chi connectivity index (χ1n) is 11.0. The number of halogens is 1. The molecule has 0 bridgehead atoms. The molecule has 0 saturated carbocycles. The Kier molecular flexibility index (Phi) is 5.67. The quantitative estimate of drug-likeness (QED) is 0.579. The van der Waals surface area contributed by atoms with E-state index in [4.69, 9.17) is 16.3 Å². The van der Waals surface area contributed by atoms with E-state index in [-0.39, 0.29) is 5.56 Å². The van der Waals surface area contributed by atoms with Crippen molar-refractivity contribution in [3.8, 4) is 5.95 Å². The van der Waals surface area contributed by atoms with Gasteiger partial charge in [-0.1, -0.05) is 11.6 Å². The Morgan fingerprint density at radius 3 is 2.77 bits per heavy atom. The zero-order chi connectivity index (χ0) is 20.5. The van der Waals surface area contributed by atoms with E-state index in [1.807, 2.05) is 18.2 Å². The molecule has 160 valence electrons. The normalized spacial score (nSPS) is 19.0. The third-order valence-corrected chi connectivity index (χ3v) is 6.79. The molecule has 0 aliphatic carbocycles. The molecule has 30 heavy (non-hydrogen) atoms. The fraction of sp³-hybridized carbons (Fsp3) is 0.545. The van der Waals surface area contributed by atoms with Gasteiger partial charge in [-0.05, 0) is 75.7 Å². The molecule has 8 heteroatoms. The van der Waals surface area contributed by atoms with Crippen LogP contribution in [0.4, 0.5) is 0 Å². The maximum absolute atomic E-state index is 13.5. The largest absolute Gasteiger partial charge is 0.381 e. The minimum atomic E-state index is 0.0146. The molecule has 3 aromatic rings. The summed E-state index contributed by atoms with van der Waals surface area (Å²) in [6.45, 7) is 3.65. The summed E-state index contributed by atoms with van der Waals surface area (Å²) < 4.78 is 7.08. The predicted octanol–water partition coefficient (Wildman–Crippen LogP) is 3.52. The number of imidazole rings is 1. The van der Waals surface area contributed by atoms with E-state index in [1.165, 1.54) is 0 Å².